The summed E-state index contributed by atoms with van der Waals surface area (Å²) in [5.41, 5.74) is 0. The third-order valence-electron chi connectivity index (χ3n) is 2.85. The summed E-state index contributed by atoms with van der Waals surface area (Å²) in [7, 11) is 0. The second-order valence-corrected chi connectivity index (χ2v) is 6.13. The zero-order valence-corrected chi connectivity index (χ0v) is 13.5. The van der Waals surface area contributed by atoms with Gasteiger partial charge >= 0.3 is 24.0 Å². The van der Waals surface area contributed by atoms with Crippen LogP contribution in [0.4, 0.5) is 30.7 Å². The van der Waals surface area contributed by atoms with Gasteiger partial charge in [0.15, 0.2) is 0 Å². The number of alkyl halides is 7. The molecule has 0 aromatic heterocycles. The predicted octanol–water partition coefficient (Wildman–Crippen LogP) is 5.06. The van der Waals surface area contributed by atoms with Gasteiger partial charge in [-0.1, -0.05) is 13.8 Å². The third-order valence-corrected chi connectivity index (χ3v) is 4.30. The average molecular weight is 372 g/mol. The molecule has 0 aliphatic rings. The first-order valence-electron chi connectivity index (χ1n) is 7.01. The Balaban J connectivity index is 4.41. The zero-order chi connectivity index (χ0) is 18.3. The monoisotopic (exact) mass is 372 g/mol. The SMILES string of the molecule is CCCOC(=O)C(CC)SCCCC(F)(F)C(F)(F)C(F)(F)F. The van der Waals surface area contributed by atoms with Crippen molar-refractivity contribution in [2.45, 2.75) is 62.8 Å². The molecule has 1 unspecified atom stereocenters. The van der Waals surface area contributed by atoms with Crippen molar-refractivity contribution < 1.29 is 40.3 Å². The minimum atomic E-state index is -6.31. The van der Waals surface area contributed by atoms with Gasteiger partial charge in [0.25, 0.3) is 0 Å². The van der Waals surface area contributed by atoms with Crippen LogP contribution in [0.5, 0.6) is 0 Å². The van der Waals surface area contributed by atoms with Crippen LogP contribution < -0.4 is 0 Å². The van der Waals surface area contributed by atoms with Crippen LogP contribution in [0.3, 0.4) is 0 Å². The summed E-state index contributed by atoms with van der Waals surface area (Å²) < 4.78 is 92.2. The highest BCUT2D eigenvalue weighted by atomic mass is 32.2. The first-order chi connectivity index (χ1) is 10.4. The van der Waals surface area contributed by atoms with E-state index in [1.54, 1.807) is 13.8 Å². The number of halogens is 7. The van der Waals surface area contributed by atoms with E-state index in [2.05, 4.69) is 0 Å². The molecular weight excluding hydrogens is 353 g/mol. The number of esters is 1. The molecule has 0 bridgehead atoms. The van der Waals surface area contributed by atoms with Gasteiger partial charge in [0.1, 0.15) is 5.25 Å². The quantitative estimate of drug-likeness (QED) is 0.304. The van der Waals surface area contributed by atoms with E-state index in [1.165, 1.54) is 0 Å². The molecule has 0 saturated heterocycles. The lowest BCUT2D eigenvalue weighted by atomic mass is 10.1. The van der Waals surface area contributed by atoms with Crippen LogP contribution in [0.1, 0.15) is 39.5 Å². The Morgan fingerprint density at radius 1 is 1.09 bits per heavy atom. The molecule has 0 rings (SSSR count). The van der Waals surface area contributed by atoms with E-state index < -0.39 is 42.1 Å². The van der Waals surface area contributed by atoms with Crippen molar-refractivity contribution in [1.29, 1.82) is 0 Å². The molecule has 0 fully saturated rings. The summed E-state index contributed by atoms with van der Waals surface area (Å²) in [6.07, 6.45) is -7.57. The van der Waals surface area contributed by atoms with Gasteiger partial charge in [0, 0.05) is 6.42 Å². The second-order valence-electron chi connectivity index (χ2n) is 4.82. The molecule has 0 amide bonds. The first kappa shape index (κ1) is 22.3. The number of carbonyl (C=O) groups excluding carboxylic acids is 1. The van der Waals surface area contributed by atoms with Crippen LogP contribution in [-0.4, -0.2) is 41.6 Å². The van der Waals surface area contributed by atoms with Crippen LogP contribution >= 0.6 is 11.8 Å². The van der Waals surface area contributed by atoms with E-state index in [0.717, 1.165) is 11.8 Å². The number of rotatable bonds is 10. The molecule has 0 radical (unpaired) electrons. The van der Waals surface area contributed by atoms with Gasteiger partial charge in [0.05, 0.1) is 6.61 Å². The standard InChI is InChI=1S/C13H19F7O2S/c1-3-7-22-10(21)9(4-2)23-8-5-6-11(14,15)12(16,17)13(18,19)20/h9H,3-8H2,1-2H3. The highest BCUT2D eigenvalue weighted by molar-refractivity contribution is 8.00. The van der Waals surface area contributed by atoms with Gasteiger partial charge in [-0.05, 0) is 25.0 Å². The number of thioether (sulfide) groups is 1. The van der Waals surface area contributed by atoms with Crippen molar-refractivity contribution in [2.75, 3.05) is 12.4 Å². The molecule has 138 valence electrons. The summed E-state index contributed by atoms with van der Waals surface area (Å²) in [5.74, 6) is -12.0. The molecule has 2 nitrogen and oxygen atoms in total. The summed E-state index contributed by atoms with van der Waals surface area (Å²) >= 11 is 0.905. The highest BCUT2D eigenvalue weighted by Crippen LogP contribution is 2.48. The summed E-state index contributed by atoms with van der Waals surface area (Å²) in [4.78, 5) is 11.6. The van der Waals surface area contributed by atoms with Crippen molar-refractivity contribution in [2.24, 2.45) is 0 Å². The van der Waals surface area contributed by atoms with E-state index in [4.69, 9.17) is 4.74 Å². The van der Waals surface area contributed by atoms with E-state index in [9.17, 15) is 35.5 Å². The molecule has 0 aliphatic heterocycles. The summed E-state index contributed by atoms with van der Waals surface area (Å²) in [6.45, 7) is 3.63. The maximum Gasteiger partial charge on any atom is 0.459 e. The number of carbonyl (C=O) groups is 1. The normalized spacial score (nSPS) is 14.7. The van der Waals surface area contributed by atoms with Crippen LogP contribution in [0.2, 0.25) is 0 Å². The molecule has 0 saturated carbocycles. The van der Waals surface area contributed by atoms with Crippen molar-refractivity contribution >= 4 is 17.7 Å². The molecular formula is C13H19F7O2S. The van der Waals surface area contributed by atoms with E-state index in [0.29, 0.717) is 12.8 Å². The fourth-order valence-corrected chi connectivity index (χ4v) is 2.57. The molecule has 0 aromatic carbocycles. The smallest absolute Gasteiger partial charge is 0.459 e. The Morgan fingerprint density at radius 2 is 1.65 bits per heavy atom. The van der Waals surface area contributed by atoms with Gasteiger partial charge in [0.2, 0.25) is 0 Å². The maximum absolute atomic E-state index is 13.1. The van der Waals surface area contributed by atoms with E-state index >= 15 is 0 Å². The molecule has 0 aromatic rings. The lowest BCUT2D eigenvalue weighted by molar-refractivity contribution is -0.355. The van der Waals surface area contributed by atoms with Crippen molar-refractivity contribution in [3.05, 3.63) is 0 Å². The van der Waals surface area contributed by atoms with Crippen molar-refractivity contribution in [3.8, 4) is 0 Å². The molecule has 10 heteroatoms. The molecule has 0 heterocycles. The Morgan fingerprint density at radius 3 is 2.09 bits per heavy atom. The fourth-order valence-electron chi connectivity index (χ4n) is 1.53. The minimum absolute atomic E-state index is 0.150. The average Bonchev–Trinajstić information content (AvgIpc) is 2.43. The van der Waals surface area contributed by atoms with Crippen molar-refractivity contribution in [1.82, 2.24) is 0 Å². The molecule has 0 aliphatic carbocycles. The Labute approximate surface area is 134 Å². The van der Waals surface area contributed by atoms with Gasteiger partial charge in [-0.2, -0.15) is 30.7 Å². The van der Waals surface area contributed by atoms with Gasteiger partial charge in [-0.3, -0.25) is 4.79 Å². The first-order valence-corrected chi connectivity index (χ1v) is 8.06. The predicted molar refractivity (Wildman–Crippen MR) is 73.0 cm³/mol. The van der Waals surface area contributed by atoms with E-state index in [1.807, 2.05) is 0 Å². The van der Waals surface area contributed by atoms with Gasteiger partial charge in [-0.15, -0.1) is 11.8 Å². The topological polar surface area (TPSA) is 26.3 Å². The largest absolute Gasteiger partial charge is 0.465 e. The number of ether oxygens (including phenoxy) is 1. The Kier molecular flexibility index (Phi) is 8.72. The maximum atomic E-state index is 13.1. The Bertz CT molecular complexity index is 372. The third kappa shape index (κ3) is 6.39. The van der Waals surface area contributed by atoms with Gasteiger partial charge < -0.3 is 4.74 Å². The zero-order valence-electron chi connectivity index (χ0n) is 12.7. The van der Waals surface area contributed by atoms with Crippen LogP contribution in [0, 0.1) is 0 Å². The lowest BCUT2D eigenvalue weighted by Gasteiger charge is -2.28. The van der Waals surface area contributed by atoms with E-state index in [-0.39, 0.29) is 12.4 Å². The van der Waals surface area contributed by atoms with Crippen molar-refractivity contribution in [3.63, 3.8) is 0 Å². The van der Waals surface area contributed by atoms with Gasteiger partial charge in [-0.25, -0.2) is 0 Å². The molecule has 23 heavy (non-hydrogen) atoms. The molecule has 1 atom stereocenters. The lowest BCUT2D eigenvalue weighted by Crippen LogP contribution is -2.51. The molecule has 0 N–H and O–H groups in total. The number of hydrogen-bond donors (Lipinski definition) is 0. The summed E-state index contributed by atoms with van der Waals surface area (Å²) in [6, 6.07) is 0. The minimum Gasteiger partial charge on any atom is -0.465 e. The highest BCUT2D eigenvalue weighted by Gasteiger charge is 2.72. The number of hydrogen-bond acceptors (Lipinski definition) is 3. The van der Waals surface area contributed by atoms with Crippen LogP contribution in [0.25, 0.3) is 0 Å². The molecule has 0 spiro atoms. The Hall–Kier alpha value is -0.670. The van der Waals surface area contributed by atoms with Crippen LogP contribution in [0.15, 0.2) is 0 Å². The second kappa shape index (κ2) is 8.98. The summed E-state index contributed by atoms with van der Waals surface area (Å²) in [5, 5.41) is -0.654. The van der Waals surface area contributed by atoms with Crippen LogP contribution in [-0.2, 0) is 9.53 Å². The fraction of sp³-hybridized carbons (Fsp3) is 0.923.